The van der Waals surface area contributed by atoms with Crippen LogP contribution in [0.25, 0.3) is 0 Å². The molecule has 0 aromatic carbocycles. The van der Waals surface area contributed by atoms with Crippen molar-refractivity contribution in [3.63, 3.8) is 0 Å². The summed E-state index contributed by atoms with van der Waals surface area (Å²) in [6.45, 7) is 1.13. The minimum atomic E-state index is 0.664. The molecular formula is C12H16N2. The van der Waals surface area contributed by atoms with Gasteiger partial charge in [-0.15, -0.1) is 0 Å². The van der Waals surface area contributed by atoms with Crippen LogP contribution in [0.1, 0.15) is 25.7 Å². The monoisotopic (exact) mass is 188 g/mol. The van der Waals surface area contributed by atoms with Gasteiger partial charge in [-0.1, -0.05) is 6.07 Å². The first-order valence-corrected chi connectivity index (χ1v) is 5.54. The average molecular weight is 188 g/mol. The topological polar surface area (TPSA) is 24.9 Å². The molecule has 3 rings (SSSR count). The maximum absolute atomic E-state index is 4.28. The summed E-state index contributed by atoms with van der Waals surface area (Å²) in [7, 11) is 0. The first-order chi connectivity index (χ1) is 6.89. The van der Waals surface area contributed by atoms with E-state index < -0.39 is 0 Å². The second-order valence-corrected chi connectivity index (χ2v) is 4.71. The number of anilines is 1. The Balaban J connectivity index is 1.59. The van der Waals surface area contributed by atoms with E-state index in [2.05, 4.69) is 10.3 Å². The maximum atomic E-state index is 4.28. The molecule has 0 amide bonds. The Morgan fingerprint density at radius 1 is 1.36 bits per heavy atom. The van der Waals surface area contributed by atoms with Crippen molar-refractivity contribution in [3.05, 3.63) is 24.4 Å². The molecule has 0 bridgehead atoms. The third kappa shape index (κ3) is 1.49. The Kier molecular flexibility index (Phi) is 1.76. The van der Waals surface area contributed by atoms with Crippen molar-refractivity contribution < 1.29 is 0 Å². The van der Waals surface area contributed by atoms with Crippen molar-refractivity contribution in [2.45, 2.75) is 25.7 Å². The number of nitrogens with zero attached hydrogens (tertiary/aromatic N) is 1. The molecule has 1 aromatic rings. The SMILES string of the molecule is c1ccc(NCC2(C3CC3)CC2)nc1. The molecule has 0 unspecified atom stereocenters. The molecule has 14 heavy (non-hydrogen) atoms. The van der Waals surface area contributed by atoms with E-state index >= 15 is 0 Å². The van der Waals surface area contributed by atoms with Gasteiger partial charge in [-0.05, 0) is 49.1 Å². The van der Waals surface area contributed by atoms with E-state index in [4.69, 9.17) is 0 Å². The zero-order valence-electron chi connectivity index (χ0n) is 8.37. The molecule has 2 aliphatic carbocycles. The fourth-order valence-electron chi connectivity index (χ4n) is 2.32. The lowest BCUT2D eigenvalue weighted by Crippen LogP contribution is -2.17. The van der Waals surface area contributed by atoms with E-state index in [9.17, 15) is 0 Å². The molecule has 2 heteroatoms. The summed E-state index contributed by atoms with van der Waals surface area (Å²) >= 11 is 0. The lowest BCUT2D eigenvalue weighted by molar-refractivity contribution is 0.466. The Hall–Kier alpha value is -1.05. The summed E-state index contributed by atoms with van der Waals surface area (Å²) in [5.74, 6) is 2.05. The van der Waals surface area contributed by atoms with E-state index in [1.807, 2.05) is 24.4 Å². The normalized spacial score (nSPS) is 23.1. The molecule has 0 radical (unpaired) electrons. The van der Waals surface area contributed by atoms with Crippen molar-refractivity contribution in [2.24, 2.45) is 11.3 Å². The smallest absolute Gasteiger partial charge is 0.125 e. The predicted octanol–water partition coefficient (Wildman–Crippen LogP) is 2.68. The van der Waals surface area contributed by atoms with Gasteiger partial charge in [0.05, 0.1) is 0 Å². The van der Waals surface area contributed by atoms with Crippen LogP contribution in [0.3, 0.4) is 0 Å². The van der Waals surface area contributed by atoms with Gasteiger partial charge in [-0.2, -0.15) is 0 Å². The van der Waals surface area contributed by atoms with Crippen molar-refractivity contribution in [1.82, 2.24) is 4.98 Å². The highest BCUT2D eigenvalue weighted by atomic mass is 15.0. The van der Waals surface area contributed by atoms with Crippen LogP contribution in [0.2, 0.25) is 0 Å². The van der Waals surface area contributed by atoms with Crippen LogP contribution in [-0.4, -0.2) is 11.5 Å². The summed E-state index contributed by atoms with van der Waals surface area (Å²) in [6.07, 6.45) is 7.63. The van der Waals surface area contributed by atoms with Crippen LogP contribution in [0.4, 0.5) is 5.82 Å². The van der Waals surface area contributed by atoms with E-state index in [1.54, 1.807) is 0 Å². The third-order valence-corrected chi connectivity index (χ3v) is 3.62. The highest BCUT2D eigenvalue weighted by Gasteiger charge is 2.53. The molecular weight excluding hydrogens is 172 g/mol. The second-order valence-electron chi connectivity index (χ2n) is 4.71. The minimum absolute atomic E-state index is 0.664. The third-order valence-electron chi connectivity index (χ3n) is 3.62. The summed E-state index contributed by atoms with van der Waals surface area (Å²) in [6, 6.07) is 6.04. The van der Waals surface area contributed by atoms with Gasteiger partial charge in [0.15, 0.2) is 0 Å². The van der Waals surface area contributed by atoms with Gasteiger partial charge in [0, 0.05) is 12.7 Å². The summed E-state index contributed by atoms with van der Waals surface area (Å²) in [5.41, 5.74) is 0.664. The highest BCUT2D eigenvalue weighted by Crippen LogP contribution is 2.61. The van der Waals surface area contributed by atoms with Crippen molar-refractivity contribution in [3.8, 4) is 0 Å². The number of rotatable bonds is 4. The molecule has 0 saturated heterocycles. The molecule has 2 saturated carbocycles. The lowest BCUT2D eigenvalue weighted by atomic mass is 10.0. The van der Waals surface area contributed by atoms with Crippen molar-refractivity contribution in [1.29, 1.82) is 0 Å². The van der Waals surface area contributed by atoms with E-state index in [1.165, 1.54) is 25.7 Å². The number of pyridine rings is 1. The first kappa shape index (κ1) is 8.27. The van der Waals surface area contributed by atoms with Crippen LogP contribution in [0.5, 0.6) is 0 Å². The van der Waals surface area contributed by atoms with E-state index in [0.717, 1.165) is 18.3 Å². The molecule has 2 aliphatic rings. The lowest BCUT2D eigenvalue weighted by Gasteiger charge is -2.14. The fourth-order valence-corrected chi connectivity index (χ4v) is 2.32. The number of hydrogen-bond donors (Lipinski definition) is 1. The standard InChI is InChI=1S/C12H16N2/c1-2-8-13-11(3-1)14-9-12(6-7-12)10-4-5-10/h1-3,8,10H,4-7,9H2,(H,13,14). The van der Waals surface area contributed by atoms with E-state index in [0.29, 0.717) is 5.41 Å². The van der Waals surface area contributed by atoms with Crippen LogP contribution in [-0.2, 0) is 0 Å². The summed E-state index contributed by atoms with van der Waals surface area (Å²) in [4.78, 5) is 4.28. The first-order valence-electron chi connectivity index (χ1n) is 5.54. The van der Waals surface area contributed by atoms with Gasteiger partial charge in [0.1, 0.15) is 5.82 Å². The van der Waals surface area contributed by atoms with Crippen LogP contribution in [0.15, 0.2) is 24.4 Å². The quantitative estimate of drug-likeness (QED) is 0.785. The molecule has 1 aromatic heterocycles. The molecule has 0 atom stereocenters. The number of aromatic nitrogens is 1. The summed E-state index contributed by atoms with van der Waals surface area (Å²) < 4.78 is 0. The molecule has 74 valence electrons. The van der Waals surface area contributed by atoms with Crippen molar-refractivity contribution in [2.75, 3.05) is 11.9 Å². The summed E-state index contributed by atoms with van der Waals surface area (Å²) in [5, 5.41) is 3.46. The predicted molar refractivity (Wildman–Crippen MR) is 57.1 cm³/mol. The molecule has 1 heterocycles. The van der Waals surface area contributed by atoms with E-state index in [-0.39, 0.29) is 0 Å². The van der Waals surface area contributed by atoms with Gasteiger partial charge in [0.2, 0.25) is 0 Å². The van der Waals surface area contributed by atoms with Gasteiger partial charge < -0.3 is 5.32 Å². The van der Waals surface area contributed by atoms with Gasteiger partial charge in [-0.3, -0.25) is 0 Å². The fraction of sp³-hybridized carbons (Fsp3) is 0.583. The zero-order valence-corrected chi connectivity index (χ0v) is 8.37. The highest BCUT2D eigenvalue weighted by molar-refractivity contribution is 5.34. The Morgan fingerprint density at radius 3 is 2.79 bits per heavy atom. The zero-order chi connectivity index (χ0) is 9.43. The molecule has 2 nitrogen and oxygen atoms in total. The maximum Gasteiger partial charge on any atom is 0.125 e. The van der Waals surface area contributed by atoms with Crippen LogP contribution >= 0.6 is 0 Å². The molecule has 1 N–H and O–H groups in total. The van der Waals surface area contributed by atoms with Gasteiger partial charge >= 0.3 is 0 Å². The van der Waals surface area contributed by atoms with Gasteiger partial charge in [-0.25, -0.2) is 4.98 Å². The minimum Gasteiger partial charge on any atom is -0.370 e. The molecule has 0 spiro atoms. The van der Waals surface area contributed by atoms with Crippen LogP contribution < -0.4 is 5.32 Å². The van der Waals surface area contributed by atoms with Crippen molar-refractivity contribution >= 4 is 5.82 Å². The molecule has 0 aliphatic heterocycles. The largest absolute Gasteiger partial charge is 0.370 e. The Bertz CT molecular complexity index is 312. The Labute approximate surface area is 84.7 Å². The Morgan fingerprint density at radius 2 is 2.21 bits per heavy atom. The number of hydrogen-bond acceptors (Lipinski definition) is 2. The van der Waals surface area contributed by atoms with Crippen LogP contribution in [0, 0.1) is 11.3 Å². The average Bonchev–Trinajstić information content (AvgIpc) is 3.08. The molecule has 2 fully saturated rings. The number of nitrogens with one attached hydrogen (secondary N) is 1. The van der Waals surface area contributed by atoms with Gasteiger partial charge in [0.25, 0.3) is 0 Å². The second kappa shape index (κ2) is 2.97.